The summed E-state index contributed by atoms with van der Waals surface area (Å²) in [6.45, 7) is 7.32. The monoisotopic (exact) mass is 295 g/mol. The molecule has 0 aromatic heterocycles. The van der Waals surface area contributed by atoms with E-state index in [4.69, 9.17) is 5.11 Å². The molecule has 1 rings (SSSR count). The Bertz CT molecular complexity index is 463. The third-order valence-electron chi connectivity index (χ3n) is 3.05. The van der Waals surface area contributed by atoms with Gasteiger partial charge in [-0.1, -0.05) is 31.8 Å². The minimum Gasteiger partial charge on any atom is -0.384 e. The first-order valence-electron chi connectivity index (χ1n) is 6.89. The summed E-state index contributed by atoms with van der Waals surface area (Å²) in [5, 5.41) is 8.65. The average molecular weight is 295 g/mol. The van der Waals surface area contributed by atoms with Crippen molar-refractivity contribution in [2.24, 2.45) is 0 Å². The maximum Gasteiger partial charge on any atom is 0.138 e. The SMILES string of the molecule is CCN(CC)CCSCc1ccc(F)c(C#CCO)c1. The molecule has 0 amide bonds. The third kappa shape index (κ3) is 5.96. The number of hydrogen-bond acceptors (Lipinski definition) is 3. The molecule has 2 nitrogen and oxygen atoms in total. The minimum absolute atomic E-state index is 0.248. The van der Waals surface area contributed by atoms with Crippen LogP contribution in [0.2, 0.25) is 0 Å². The Morgan fingerprint density at radius 3 is 2.70 bits per heavy atom. The van der Waals surface area contributed by atoms with Gasteiger partial charge in [0.25, 0.3) is 0 Å². The van der Waals surface area contributed by atoms with Crippen LogP contribution >= 0.6 is 11.8 Å². The van der Waals surface area contributed by atoms with E-state index in [1.165, 1.54) is 6.07 Å². The average Bonchev–Trinajstić information content (AvgIpc) is 2.47. The summed E-state index contributed by atoms with van der Waals surface area (Å²) in [5.41, 5.74) is 1.43. The van der Waals surface area contributed by atoms with Crippen LogP contribution in [0.4, 0.5) is 4.39 Å². The van der Waals surface area contributed by atoms with Gasteiger partial charge in [0.1, 0.15) is 12.4 Å². The Morgan fingerprint density at radius 2 is 2.05 bits per heavy atom. The van der Waals surface area contributed by atoms with Crippen molar-refractivity contribution in [1.82, 2.24) is 4.90 Å². The number of benzene rings is 1. The number of nitrogens with zero attached hydrogens (tertiary/aromatic N) is 1. The predicted octanol–water partition coefficient (Wildman–Crippen LogP) is 2.74. The first kappa shape index (κ1) is 17.0. The van der Waals surface area contributed by atoms with Crippen molar-refractivity contribution in [3.05, 3.63) is 35.1 Å². The highest BCUT2D eigenvalue weighted by Crippen LogP contribution is 2.16. The van der Waals surface area contributed by atoms with Crippen LogP contribution < -0.4 is 0 Å². The Hall–Kier alpha value is -1.02. The van der Waals surface area contributed by atoms with Crippen LogP contribution in [0.5, 0.6) is 0 Å². The molecule has 1 aromatic carbocycles. The fraction of sp³-hybridized carbons (Fsp3) is 0.500. The highest BCUT2D eigenvalue weighted by atomic mass is 32.2. The van der Waals surface area contributed by atoms with Gasteiger partial charge in [-0.25, -0.2) is 4.39 Å². The van der Waals surface area contributed by atoms with Crippen molar-refractivity contribution < 1.29 is 9.50 Å². The quantitative estimate of drug-likeness (QED) is 0.618. The van der Waals surface area contributed by atoms with Gasteiger partial charge in [0, 0.05) is 18.1 Å². The number of aliphatic hydroxyl groups excluding tert-OH is 1. The molecule has 0 atom stereocenters. The molecular weight excluding hydrogens is 273 g/mol. The molecular formula is C16H22FNOS. The predicted molar refractivity (Wildman–Crippen MR) is 84.3 cm³/mol. The standard InChI is InChI=1S/C16H22FNOS/c1-3-18(4-2)9-11-20-13-14-7-8-16(17)15(12-14)6-5-10-19/h7-8,12,19H,3-4,9-11,13H2,1-2H3. The minimum atomic E-state index is -0.331. The smallest absolute Gasteiger partial charge is 0.138 e. The highest BCUT2D eigenvalue weighted by molar-refractivity contribution is 7.98. The van der Waals surface area contributed by atoms with Gasteiger partial charge in [-0.05, 0) is 30.8 Å². The molecule has 1 N–H and O–H groups in total. The van der Waals surface area contributed by atoms with Crippen LogP contribution in [0.3, 0.4) is 0 Å². The van der Waals surface area contributed by atoms with Crippen molar-refractivity contribution in [2.45, 2.75) is 19.6 Å². The van der Waals surface area contributed by atoms with Gasteiger partial charge in [-0.15, -0.1) is 0 Å². The van der Waals surface area contributed by atoms with Crippen molar-refractivity contribution in [2.75, 3.05) is 32.0 Å². The zero-order chi connectivity index (χ0) is 14.8. The van der Waals surface area contributed by atoms with Gasteiger partial charge < -0.3 is 10.0 Å². The number of thioether (sulfide) groups is 1. The van der Waals surface area contributed by atoms with E-state index in [0.717, 1.165) is 36.7 Å². The first-order valence-corrected chi connectivity index (χ1v) is 8.05. The summed E-state index contributed by atoms with van der Waals surface area (Å²) < 4.78 is 13.5. The number of halogens is 1. The molecule has 0 aliphatic rings. The Labute approximate surface area is 125 Å². The maximum atomic E-state index is 13.5. The molecule has 0 bridgehead atoms. The van der Waals surface area contributed by atoms with E-state index in [0.29, 0.717) is 5.56 Å². The van der Waals surface area contributed by atoms with Gasteiger partial charge in [-0.2, -0.15) is 11.8 Å². The summed E-state index contributed by atoms with van der Waals surface area (Å²) in [6.07, 6.45) is 0. The number of aliphatic hydroxyl groups is 1. The summed E-state index contributed by atoms with van der Waals surface area (Å²) in [4.78, 5) is 2.38. The summed E-state index contributed by atoms with van der Waals surface area (Å²) in [5.74, 6) is 6.71. The first-order chi connectivity index (χ1) is 9.71. The van der Waals surface area contributed by atoms with Crippen LogP contribution in [0.1, 0.15) is 25.0 Å². The van der Waals surface area contributed by atoms with E-state index < -0.39 is 0 Å². The molecule has 4 heteroatoms. The molecule has 0 unspecified atom stereocenters. The van der Waals surface area contributed by atoms with Gasteiger partial charge in [-0.3, -0.25) is 0 Å². The lowest BCUT2D eigenvalue weighted by atomic mass is 10.1. The maximum absolute atomic E-state index is 13.5. The van der Waals surface area contributed by atoms with E-state index in [9.17, 15) is 4.39 Å². The molecule has 0 aliphatic carbocycles. The molecule has 1 aromatic rings. The molecule has 20 heavy (non-hydrogen) atoms. The van der Waals surface area contributed by atoms with Gasteiger partial charge in [0.15, 0.2) is 0 Å². The summed E-state index contributed by atoms with van der Waals surface area (Å²) in [6, 6.07) is 5.01. The summed E-state index contributed by atoms with van der Waals surface area (Å²) in [7, 11) is 0. The molecule has 0 radical (unpaired) electrons. The lowest BCUT2D eigenvalue weighted by Gasteiger charge is -2.17. The Morgan fingerprint density at radius 1 is 1.30 bits per heavy atom. The highest BCUT2D eigenvalue weighted by Gasteiger charge is 2.03. The summed E-state index contributed by atoms with van der Waals surface area (Å²) >= 11 is 1.84. The molecule has 110 valence electrons. The molecule has 0 saturated heterocycles. The normalized spacial score (nSPS) is 10.4. The van der Waals surface area contributed by atoms with E-state index in [2.05, 4.69) is 30.6 Å². The van der Waals surface area contributed by atoms with E-state index >= 15 is 0 Å². The number of rotatable bonds is 7. The van der Waals surface area contributed by atoms with Crippen LogP contribution in [0, 0.1) is 17.7 Å². The lowest BCUT2D eigenvalue weighted by Crippen LogP contribution is -2.25. The molecule has 0 spiro atoms. The molecule has 0 heterocycles. The second-order valence-electron chi connectivity index (χ2n) is 4.35. The molecule has 0 saturated carbocycles. The van der Waals surface area contributed by atoms with Gasteiger partial charge in [0.05, 0.1) is 5.56 Å². The largest absolute Gasteiger partial charge is 0.384 e. The second kappa shape index (κ2) is 9.82. The zero-order valence-corrected chi connectivity index (χ0v) is 13.0. The van der Waals surface area contributed by atoms with Crippen molar-refractivity contribution in [1.29, 1.82) is 0 Å². The number of hydrogen-bond donors (Lipinski definition) is 1. The van der Waals surface area contributed by atoms with E-state index in [-0.39, 0.29) is 12.4 Å². The second-order valence-corrected chi connectivity index (χ2v) is 5.46. The van der Waals surface area contributed by atoms with E-state index in [1.54, 1.807) is 12.1 Å². The lowest BCUT2D eigenvalue weighted by molar-refractivity contribution is 0.324. The Balaban J connectivity index is 2.48. The van der Waals surface area contributed by atoms with Crippen molar-refractivity contribution >= 4 is 11.8 Å². The Kier molecular flexibility index (Phi) is 8.36. The fourth-order valence-corrected chi connectivity index (χ4v) is 2.76. The van der Waals surface area contributed by atoms with Crippen LogP contribution in [0.25, 0.3) is 0 Å². The van der Waals surface area contributed by atoms with Crippen molar-refractivity contribution in [3.63, 3.8) is 0 Å². The van der Waals surface area contributed by atoms with Crippen LogP contribution in [0.15, 0.2) is 18.2 Å². The third-order valence-corrected chi connectivity index (χ3v) is 4.06. The van der Waals surface area contributed by atoms with Gasteiger partial charge >= 0.3 is 0 Å². The van der Waals surface area contributed by atoms with Gasteiger partial charge in [0.2, 0.25) is 0 Å². The zero-order valence-electron chi connectivity index (χ0n) is 12.2. The van der Waals surface area contributed by atoms with Crippen molar-refractivity contribution in [3.8, 4) is 11.8 Å². The topological polar surface area (TPSA) is 23.5 Å². The van der Waals surface area contributed by atoms with Crippen LogP contribution in [-0.2, 0) is 5.75 Å². The van der Waals surface area contributed by atoms with Crippen LogP contribution in [-0.4, -0.2) is 42.0 Å². The van der Waals surface area contributed by atoms with E-state index in [1.807, 2.05) is 11.8 Å². The molecule has 0 fully saturated rings. The molecule has 0 aliphatic heterocycles. The fourth-order valence-electron chi connectivity index (χ4n) is 1.82.